The lowest BCUT2D eigenvalue weighted by atomic mass is 9.92. The molecular weight excluding hydrogens is 458 g/mol. The zero-order chi connectivity index (χ0) is 24.8. The molecule has 1 heterocycles. The molecule has 0 bridgehead atoms. The van der Waals surface area contributed by atoms with Crippen molar-refractivity contribution in [2.24, 2.45) is 0 Å². The van der Waals surface area contributed by atoms with Gasteiger partial charge in [-0.1, -0.05) is 96.6 Å². The predicted octanol–water partition coefficient (Wildman–Crippen LogP) is 5.70. The monoisotopic (exact) mass is 487 g/mol. The molecule has 0 saturated heterocycles. The number of ether oxygens (including phenoxy) is 1. The number of benzene rings is 3. The first-order valence-electron chi connectivity index (χ1n) is 11.7. The van der Waals surface area contributed by atoms with Crippen LogP contribution in [-0.4, -0.2) is 31.3 Å². The van der Waals surface area contributed by atoms with Gasteiger partial charge in [0.15, 0.2) is 0 Å². The molecule has 35 heavy (non-hydrogen) atoms. The number of hydrogen-bond acceptors (Lipinski definition) is 4. The van der Waals surface area contributed by atoms with Crippen LogP contribution in [0.25, 0.3) is 6.08 Å². The fourth-order valence-electron chi connectivity index (χ4n) is 4.27. The summed E-state index contributed by atoms with van der Waals surface area (Å²) in [6.07, 6.45) is 5.80. The molecule has 3 aromatic rings. The molecule has 5 nitrogen and oxygen atoms in total. The molecule has 0 spiro atoms. The lowest BCUT2D eigenvalue weighted by Gasteiger charge is -2.39. The van der Waals surface area contributed by atoms with Crippen LogP contribution in [-0.2, 0) is 19.6 Å². The van der Waals surface area contributed by atoms with Crippen LogP contribution in [0.15, 0.2) is 108 Å². The molecule has 1 aliphatic rings. The van der Waals surface area contributed by atoms with E-state index in [4.69, 9.17) is 4.74 Å². The van der Waals surface area contributed by atoms with Gasteiger partial charge in [0, 0.05) is 0 Å². The normalized spacial score (nSPS) is 18.9. The van der Waals surface area contributed by atoms with E-state index in [9.17, 15) is 13.2 Å². The van der Waals surface area contributed by atoms with E-state index < -0.39 is 28.1 Å². The second-order valence-corrected chi connectivity index (χ2v) is 10.2. The average molecular weight is 488 g/mol. The van der Waals surface area contributed by atoms with Gasteiger partial charge in [-0.2, -0.15) is 4.31 Å². The molecule has 3 aromatic carbocycles. The number of carbonyl (C=O) groups is 1. The SMILES string of the molecule is CCOC(=O)C1=CC[C@@H](c2ccccc2)N(S(=O)(=O)c2ccc(C)cc2)[C@H]1/C=C/c1ccccc1. The standard InChI is InChI=1S/C29H29NO4S/c1-3-34-29(31)26-19-21-27(24-12-8-5-9-13-24)30(28(26)20-16-23-10-6-4-7-11-23)35(32,33)25-17-14-22(2)15-18-25/h4-20,27-28H,3,21H2,1-2H3/b20-16+/t27-,28-/m0/s1. The van der Waals surface area contributed by atoms with Crippen LogP contribution in [0.2, 0.25) is 0 Å². The van der Waals surface area contributed by atoms with Crippen molar-refractivity contribution in [2.75, 3.05) is 6.61 Å². The number of esters is 1. The smallest absolute Gasteiger partial charge is 0.335 e. The summed E-state index contributed by atoms with van der Waals surface area (Å²) in [7, 11) is -3.98. The Balaban J connectivity index is 1.89. The van der Waals surface area contributed by atoms with Crippen LogP contribution in [0.3, 0.4) is 0 Å². The van der Waals surface area contributed by atoms with Gasteiger partial charge >= 0.3 is 5.97 Å². The highest BCUT2D eigenvalue weighted by Gasteiger charge is 2.43. The lowest BCUT2D eigenvalue weighted by molar-refractivity contribution is -0.139. The molecule has 180 valence electrons. The van der Waals surface area contributed by atoms with Crippen molar-refractivity contribution < 1.29 is 17.9 Å². The third-order valence-corrected chi connectivity index (χ3v) is 7.93. The number of sulfonamides is 1. The van der Waals surface area contributed by atoms with E-state index in [2.05, 4.69) is 0 Å². The maximum atomic E-state index is 14.1. The third kappa shape index (κ3) is 5.45. The Morgan fingerprint density at radius 3 is 2.23 bits per heavy atom. The van der Waals surface area contributed by atoms with Gasteiger partial charge in [0.05, 0.1) is 29.2 Å². The van der Waals surface area contributed by atoms with Crippen LogP contribution < -0.4 is 0 Å². The van der Waals surface area contributed by atoms with Crippen LogP contribution in [0.1, 0.15) is 36.1 Å². The van der Waals surface area contributed by atoms with Crippen LogP contribution in [0, 0.1) is 6.92 Å². The number of rotatable bonds is 7. The first-order valence-corrected chi connectivity index (χ1v) is 13.1. The summed E-state index contributed by atoms with van der Waals surface area (Å²) in [5.41, 5.74) is 3.06. The molecular formula is C29H29NO4S. The van der Waals surface area contributed by atoms with Gasteiger partial charge in [0.2, 0.25) is 10.0 Å². The molecule has 0 aliphatic carbocycles. The maximum absolute atomic E-state index is 14.1. The minimum Gasteiger partial charge on any atom is -0.463 e. The molecule has 2 atom stereocenters. The third-order valence-electron chi connectivity index (χ3n) is 6.02. The Morgan fingerprint density at radius 1 is 0.971 bits per heavy atom. The van der Waals surface area contributed by atoms with Crippen molar-refractivity contribution in [3.8, 4) is 0 Å². The summed E-state index contributed by atoms with van der Waals surface area (Å²) in [4.78, 5) is 13.2. The zero-order valence-corrected chi connectivity index (χ0v) is 20.7. The van der Waals surface area contributed by atoms with Gasteiger partial charge in [-0.05, 0) is 43.5 Å². The number of nitrogens with zero attached hydrogens (tertiary/aromatic N) is 1. The minimum atomic E-state index is -3.98. The van der Waals surface area contributed by atoms with Gasteiger partial charge in [0.25, 0.3) is 0 Å². The molecule has 0 saturated carbocycles. The summed E-state index contributed by atoms with van der Waals surface area (Å²) in [5, 5.41) is 0. The number of aryl methyl sites for hydroxylation is 1. The Labute approximate surface area is 207 Å². The zero-order valence-electron chi connectivity index (χ0n) is 19.9. The topological polar surface area (TPSA) is 63.7 Å². The summed E-state index contributed by atoms with van der Waals surface area (Å²) in [6.45, 7) is 3.86. The van der Waals surface area contributed by atoms with Crippen LogP contribution in [0.5, 0.6) is 0 Å². The Hall–Kier alpha value is -3.48. The Morgan fingerprint density at radius 2 is 1.60 bits per heavy atom. The largest absolute Gasteiger partial charge is 0.463 e. The molecule has 0 radical (unpaired) electrons. The molecule has 1 aliphatic heterocycles. The fraction of sp³-hybridized carbons (Fsp3) is 0.207. The summed E-state index contributed by atoms with van der Waals surface area (Å²) >= 11 is 0. The molecule has 0 aromatic heterocycles. The van der Waals surface area contributed by atoms with Crippen molar-refractivity contribution in [3.63, 3.8) is 0 Å². The van der Waals surface area contributed by atoms with E-state index in [1.165, 1.54) is 4.31 Å². The molecule has 0 fully saturated rings. The van der Waals surface area contributed by atoms with Crippen molar-refractivity contribution in [1.82, 2.24) is 4.31 Å². The predicted molar refractivity (Wildman–Crippen MR) is 138 cm³/mol. The summed E-state index contributed by atoms with van der Waals surface area (Å²) in [5.74, 6) is -0.508. The average Bonchev–Trinajstić information content (AvgIpc) is 2.88. The molecule has 0 amide bonds. The van der Waals surface area contributed by atoms with Gasteiger partial charge in [0.1, 0.15) is 0 Å². The fourth-order valence-corrected chi connectivity index (χ4v) is 6.02. The maximum Gasteiger partial charge on any atom is 0.335 e. The highest BCUT2D eigenvalue weighted by molar-refractivity contribution is 7.89. The van der Waals surface area contributed by atoms with Crippen molar-refractivity contribution >= 4 is 22.1 Å². The first kappa shape index (κ1) is 24.6. The molecule has 0 N–H and O–H groups in total. The van der Waals surface area contributed by atoms with Gasteiger partial charge in [-0.25, -0.2) is 13.2 Å². The van der Waals surface area contributed by atoms with E-state index >= 15 is 0 Å². The number of carbonyl (C=O) groups excluding carboxylic acids is 1. The second-order valence-electron chi connectivity index (χ2n) is 8.40. The van der Waals surface area contributed by atoms with Crippen LogP contribution >= 0.6 is 0 Å². The summed E-state index contributed by atoms with van der Waals surface area (Å²) in [6, 6.07) is 24.6. The van der Waals surface area contributed by atoms with E-state index in [-0.39, 0.29) is 11.5 Å². The van der Waals surface area contributed by atoms with Crippen LogP contribution in [0.4, 0.5) is 0 Å². The molecule has 0 unspecified atom stereocenters. The quantitative estimate of drug-likeness (QED) is 0.401. The molecule has 6 heteroatoms. The lowest BCUT2D eigenvalue weighted by Crippen LogP contribution is -2.46. The van der Waals surface area contributed by atoms with Gasteiger partial charge in [-0.15, -0.1) is 0 Å². The Kier molecular flexibility index (Phi) is 7.63. The van der Waals surface area contributed by atoms with Crippen molar-refractivity contribution in [1.29, 1.82) is 0 Å². The van der Waals surface area contributed by atoms with E-state index in [0.717, 1.165) is 16.7 Å². The minimum absolute atomic E-state index is 0.187. The molecule has 4 rings (SSSR count). The Bertz CT molecular complexity index is 1310. The van der Waals surface area contributed by atoms with E-state index in [0.29, 0.717) is 12.0 Å². The summed E-state index contributed by atoms with van der Waals surface area (Å²) < 4.78 is 35.1. The van der Waals surface area contributed by atoms with Crippen molar-refractivity contribution in [2.45, 2.75) is 37.2 Å². The number of hydrogen-bond donors (Lipinski definition) is 0. The second kappa shape index (κ2) is 10.8. The highest BCUT2D eigenvalue weighted by atomic mass is 32.2. The van der Waals surface area contributed by atoms with Gasteiger partial charge < -0.3 is 4.74 Å². The van der Waals surface area contributed by atoms with Crippen molar-refractivity contribution in [3.05, 3.63) is 119 Å². The van der Waals surface area contributed by atoms with E-state index in [1.807, 2.05) is 79.7 Å². The van der Waals surface area contributed by atoms with Gasteiger partial charge in [-0.3, -0.25) is 0 Å². The highest BCUT2D eigenvalue weighted by Crippen LogP contribution is 2.39. The first-order chi connectivity index (χ1) is 16.9. The van der Waals surface area contributed by atoms with E-state index in [1.54, 1.807) is 37.3 Å².